The number of anilines is 1. The van der Waals surface area contributed by atoms with E-state index in [-0.39, 0.29) is 18.3 Å². The maximum atomic E-state index is 12.4. The number of hydrogen-bond acceptors (Lipinski definition) is 6. The zero-order valence-electron chi connectivity index (χ0n) is 17.9. The third-order valence-corrected chi connectivity index (χ3v) is 5.68. The molecule has 0 bridgehead atoms. The molecule has 0 atom stereocenters. The Labute approximate surface area is 190 Å². The molecule has 32 heavy (non-hydrogen) atoms. The number of nitrogens with zero attached hydrogens (tertiary/aromatic N) is 3. The van der Waals surface area contributed by atoms with Crippen LogP contribution in [0, 0.1) is 13.8 Å². The first-order valence-electron chi connectivity index (χ1n) is 10.2. The molecular formula is C24H24N4O3S. The van der Waals surface area contributed by atoms with E-state index < -0.39 is 0 Å². The van der Waals surface area contributed by atoms with E-state index in [4.69, 9.17) is 9.15 Å². The number of hydrogen-bond donors (Lipinski definition) is 1. The van der Waals surface area contributed by atoms with Gasteiger partial charge < -0.3 is 14.5 Å². The molecule has 4 aromatic rings. The van der Waals surface area contributed by atoms with Gasteiger partial charge in [0.2, 0.25) is 5.91 Å². The number of carbonyl (C=O) groups excluding carboxylic acids is 1. The lowest BCUT2D eigenvalue weighted by Crippen LogP contribution is -2.15. The molecule has 0 saturated carbocycles. The van der Waals surface area contributed by atoms with Gasteiger partial charge in [-0.15, -0.1) is 10.2 Å². The van der Waals surface area contributed by atoms with E-state index in [9.17, 15) is 4.79 Å². The zero-order valence-corrected chi connectivity index (χ0v) is 18.8. The molecule has 7 nitrogen and oxygen atoms in total. The molecule has 2 aromatic heterocycles. The van der Waals surface area contributed by atoms with Crippen molar-refractivity contribution in [3.05, 3.63) is 89.6 Å². The number of carbonyl (C=O) groups is 1. The minimum atomic E-state index is -0.106. The molecule has 164 valence electrons. The fourth-order valence-electron chi connectivity index (χ4n) is 3.08. The van der Waals surface area contributed by atoms with Crippen molar-refractivity contribution in [1.82, 2.24) is 14.8 Å². The van der Waals surface area contributed by atoms with Crippen LogP contribution in [0.2, 0.25) is 0 Å². The Hall–Kier alpha value is -3.52. The molecule has 8 heteroatoms. The van der Waals surface area contributed by atoms with Crippen LogP contribution >= 0.6 is 11.8 Å². The van der Waals surface area contributed by atoms with Gasteiger partial charge in [0.25, 0.3) is 0 Å². The molecule has 0 aliphatic heterocycles. The number of ether oxygens (including phenoxy) is 1. The molecule has 2 aromatic carbocycles. The van der Waals surface area contributed by atoms with Crippen molar-refractivity contribution >= 4 is 23.4 Å². The van der Waals surface area contributed by atoms with Crippen LogP contribution in [0.5, 0.6) is 5.75 Å². The number of nitrogens with one attached hydrogen (secondary N) is 1. The highest BCUT2D eigenvalue weighted by Crippen LogP contribution is 2.21. The second kappa shape index (κ2) is 10.2. The zero-order chi connectivity index (χ0) is 22.3. The molecule has 0 saturated heterocycles. The summed E-state index contributed by atoms with van der Waals surface area (Å²) in [4.78, 5) is 12.4. The first-order chi connectivity index (χ1) is 15.6. The van der Waals surface area contributed by atoms with Gasteiger partial charge in [0.15, 0.2) is 11.0 Å². The van der Waals surface area contributed by atoms with Gasteiger partial charge in [-0.3, -0.25) is 9.36 Å². The number of aryl methyl sites for hydroxylation is 2. The lowest BCUT2D eigenvalue weighted by Gasteiger charge is -2.10. The predicted molar refractivity (Wildman–Crippen MR) is 124 cm³/mol. The van der Waals surface area contributed by atoms with Crippen molar-refractivity contribution in [3.8, 4) is 5.75 Å². The fourth-order valence-corrected chi connectivity index (χ4v) is 3.84. The van der Waals surface area contributed by atoms with Crippen molar-refractivity contribution in [3.63, 3.8) is 0 Å². The summed E-state index contributed by atoms with van der Waals surface area (Å²) in [6.07, 6.45) is 1.63. The molecule has 0 spiro atoms. The van der Waals surface area contributed by atoms with Gasteiger partial charge in [-0.25, -0.2) is 0 Å². The monoisotopic (exact) mass is 448 g/mol. The maximum absolute atomic E-state index is 12.4. The summed E-state index contributed by atoms with van der Waals surface area (Å²) in [7, 11) is 0. The van der Waals surface area contributed by atoms with Gasteiger partial charge >= 0.3 is 0 Å². The number of rotatable bonds is 9. The van der Waals surface area contributed by atoms with Crippen LogP contribution in [0.1, 0.15) is 22.7 Å². The Balaban J connectivity index is 1.44. The lowest BCUT2D eigenvalue weighted by molar-refractivity contribution is -0.113. The van der Waals surface area contributed by atoms with Crippen LogP contribution in [-0.4, -0.2) is 26.4 Å². The molecule has 0 aliphatic carbocycles. The molecule has 0 aliphatic rings. The summed E-state index contributed by atoms with van der Waals surface area (Å²) in [5.41, 5.74) is 3.03. The highest BCUT2D eigenvalue weighted by Gasteiger charge is 2.16. The van der Waals surface area contributed by atoms with Gasteiger partial charge in [-0.2, -0.15) is 0 Å². The van der Waals surface area contributed by atoms with Crippen LogP contribution < -0.4 is 10.1 Å². The van der Waals surface area contributed by atoms with Crippen molar-refractivity contribution in [2.75, 3.05) is 11.1 Å². The normalized spacial score (nSPS) is 10.8. The summed E-state index contributed by atoms with van der Waals surface area (Å²) in [6, 6.07) is 19.3. The first-order valence-corrected chi connectivity index (χ1v) is 11.2. The number of amides is 1. The van der Waals surface area contributed by atoms with Crippen LogP contribution in [0.15, 0.2) is 76.5 Å². The van der Waals surface area contributed by atoms with E-state index >= 15 is 0 Å². The number of thioether (sulfide) groups is 1. The standard InChI is InChI=1S/C24H24N4O3S/c1-17-8-10-20(11-9-17)31-15-22-26-27-24(28(22)14-21-7-4-12-30-21)32-16-23(29)25-19-6-3-5-18(2)13-19/h3-13H,14-16H2,1-2H3,(H,25,29). The topological polar surface area (TPSA) is 82.2 Å². The van der Waals surface area contributed by atoms with Crippen molar-refractivity contribution < 1.29 is 13.9 Å². The number of aromatic nitrogens is 3. The van der Waals surface area contributed by atoms with Crippen LogP contribution in [0.25, 0.3) is 0 Å². The van der Waals surface area contributed by atoms with E-state index in [1.807, 2.05) is 79.1 Å². The summed E-state index contributed by atoms with van der Waals surface area (Å²) in [5, 5.41) is 12.1. The predicted octanol–water partition coefficient (Wildman–Crippen LogP) is 4.85. The summed E-state index contributed by atoms with van der Waals surface area (Å²) < 4.78 is 13.3. The summed E-state index contributed by atoms with van der Waals surface area (Å²) in [5.74, 6) is 2.29. The molecule has 0 unspecified atom stereocenters. The fraction of sp³-hybridized carbons (Fsp3) is 0.208. The third-order valence-electron chi connectivity index (χ3n) is 4.71. The largest absolute Gasteiger partial charge is 0.486 e. The Bertz CT molecular complexity index is 1170. The van der Waals surface area contributed by atoms with E-state index in [2.05, 4.69) is 15.5 Å². The molecular weight excluding hydrogens is 424 g/mol. The van der Waals surface area contributed by atoms with E-state index in [1.54, 1.807) is 6.26 Å². The molecule has 4 rings (SSSR count). The SMILES string of the molecule is Cc1ccc(OCc2nnc(SCC(=O)Nc3cccc(C)c3)n2Cc2ccco2)cc1. The molecule has 0 fully saturated rings. The second-order valence-electron chi connectivity index (χ2n) is 7.37. The van der Waals surface area contributed by atoms with Gasteiger partial charge in [0, 0.05) is 5.69 Å². The molecule has 1 amide bonds. The van der Waals surface area contributed by atoms with Gasteiger partial charge in [-0.05, 0) is 55.8 Å². The van der Waals surface area contributed by atoms with Crippen LogP contribution in [-0.2, 0) is 17.9 Å². The summed E-state index contributed by atoms with van der Waals surface area (Å²) in [6.45, 7) is 4.73. The van der Waals surface area contributed by atoms with Gasteiger partial charge in [0.1, 0.15) is 18.1 Å². The molecule has 1 N–H and O–H groups in total. The van der Waals surface area contributed by atoms with Crippen molar-refractivity contribution in [2.24, 2.45) is 0 Å². The highest BCUT2D eigenvalue weighted by molar-refractivity contribution is 7.99. The number of benzene rings is 2. The third kappa shape index (κ3) is 5.79. The van der Waals surface area contributed by atoms with Crippen molar-refractivity contribution in [1.29, 1.82) is 0 Å². The average molecular weight is 449 g/mol. The van der Waals surface area contributed by atoms with E-state index in [1.165, 1.54) is 17.3 Å². The van der Waals surface area contributed by atoms with Crippen LogP contribution in [0.4, 0.5) is 5.69 Å². The molecule has 2 heterocycles. The smallest absolute Gasteiger partial charge is 0.234 e. The van der Waals surface area contributed by atoms with Crippen molar-refractivity contribution in [2.45, 2.75) is 32.2 Å². The minimum Gasteiger partial charge on any atom is -0.486 e. The summed E-state index contributed by atoms with van der Waals surface area (Å²) >= 11 is 1.32. The van der Waals surface area contributed by atoms with Gasteiger partial charge in [-0.1, -0.05) is 41.6 Å². The minimum absolute atomic E-state index is 0.106. The maximum Gasteiger partial charge on any atom is 0.234 e. The van der Waals surface area contributed by atoms with E-state index in [0.717, 1.165) is 22.8 Å². The first kappa shape index (κ1) is 21.7. The van der Waals surface area contributed by atoms with Gasteiger partial charge in [0.05, 0.1) is 18.6 Å². The Morgan fingerprint density at radius 1 is 1.06 bits per heavy atom. The highest BCUT2D eigenvalue weighted by atomic mass is 32.2. The quantitative estimate of drug-likeness (QED) is 0.369. The average Bonchev–Trinajstić information content (AvgIpc) is 3.42. The Morgan fingerprint density at radius 3 is 2.66 bits per heavy atom. The second-order valence-corrected chi connectivity index (χ2v) is 8.31. The molecule has 0 radical (unpaired) electrons. The Morgan fingerprint density at radius 2 is 1.91 bits per heavy atom. The Kier molecular flexibility index (Phi) is 6.91. The lowest BCUT2D eigenvalue weighted by atomic mass is 10.2. The van der Waals surface area contributed by atoms with Crippen LogP contribution in [0.3, 0.4) is 0 Å². The number of furan rings is 1. The van der Waals surface area contributed by atoms with E-state index in [0.29, 0.717) is 17.5 Å².